The Morgan fingerprint density at radius 2 is 2.14 bits per heavy atom. The van der Waals surface area contributed by atoms with Gasteiger partial charge in [0.2, 0.25) is 0 Å². The maximum atomic E-state index is 9.38. The number of hydrogen-bond donors (Lipinski definition) is 1. The number of aliphatic hydroxyl groups excluding tert-OH is 1. The lowest BCUT2D eigenvalue weighted by atomic mass is 10.0. The van der Waals surface area contributed by atoms with Crippen LogP contribution in [0.4, 0.5) is 0 Å². The van der Waals surface area contributed by atoms with Gasteiger partial charge in [-0.15, -0.1) is 0 Å². The Bertz CT molecular complexity index is 378. The molecule has 0 aliphatic heterocycles. The van der Waals surface area contributed by atoms with Crippen LogP contribution in [0.2, 0.25) is 0 Å². The number of nitriles is 1. The monoisotopic (exact) mass is 191 g/mol. The van der Waals surface area contributed by atoms with E-state index in [-0.39, 0.29) is 0 Å². The van der Waals surface area contributed by atoms with E-state index < -0.39 is 6.10 Å². The molecule has 3 nitrogen and oxygen atoms in total. The Morgan fingerprint density at radius 1 is 1.50 bits per heavy atom. The number of benzene rings is 1. The SMILES string of the molecule is COc1c(C)cc(C(C)O)cc1C#N. The van der Waals surface area contributed by atoms with Crippen molar-refractivity contribution in [1.82, 2.24) is 0 Å². The smallest absolute Gasteiger partial charge is 0.139 e. The molecule has 0 aromatic heterocycles. The summed E-state index contributed by atoms with van der Waals surface area (Å²) in [5.74, 6) is 0.580. The highest BCUT2D eigenvalue weighted by Gasteiger charge is 2.10. The molecule has 0 saturated heterocycles. The molecule has 0 amide bonds. The van der Waals surface area contributed by atoms with Crippen LogP contribution in [0.25, 0.3) is 0 Å². The van der Waals surface area contributed by atoms with Crippen LogP contribution < -0.4 is 4.74 Å². The summed E-state index contributed by atoms with van der Waals surface area (Å²) in [4.78, 5) is 0. The van der Waals surface area contributed by atoms with E-state index in [1.807, 2.05) is 19.1 Å². The summed E-state index contributed by atoms with van der Waals surface area (Å²) in [5, 5.41) is 18.3. The van der Waals surface area contributed by atoms with Gasteiger partial charge in [-0.2, -0.15) is 5.26 Å². The second kappa shape index (κ2) is 4.12. The molecular weight excluding hydrogens is 178 g/mol. The van der Waals surface area contributed by atoms with E-state index in [4.69, 9.17) is 10.00 Å². The van der Waals surface area contributed by atoms with Crippen LogP contribution in [0.1, 0.15) is 29.7 Å². The molecule has 3 heteroatoms. The van der Waals surface area contributed by atoms with Crippen LogP contribution in [0, 0.1) is 18.3 Å². The van der Waals surface area contributed by atoms with Gasteiger partial charge in [0.05, 0.1) is 18.8 Å². The molecule has 1 rings (SSSR count). The topological polar surface area (TPSA) is 53.2 Å². The quantitative estimate of drug-likeness (QED) is 0.777. The zero-order chi connectivity index (χ0) is 10.7. The van der Waals surface area contributed by atoms with Crippen LogP contribution in [-0.4, -0.2) is 12.2 Å². The van der Waals surface area contributed by atoms with E-state index in [0.29, 0.717) is 11.3 Å². The average Bonchev–Trinajstić information content (AvgIpc) is 2.16. The Kier molecular flexibility index (Phi) is 3.10. The molecule has 1 atom stereocenters. The van der Waals surface area contributed by atoms with Crippen LogP contribution >= 0.6 is 0 Å². The summed E-state index contributed by atoms with van der Waals surface area (Å²) >= 11 is 0. The third kappa shape index (κ3) is 1.86. The first-order chi connectivity index (χ1) is 6.60. The molecule has 0 heterocycles. The predicted molar refractivity (Wildman–Crippen MR) is 53.1 cm³/mol. The zero-order valence-electron chi connectivity index (χ0n) is 8.53. The van der Waals surface area contributed by atoms with E-state index in [9.17, 15) is 5.11 Å². The molecule has 1 aromatic carbocycles. The van der Waals surface area contributed by atoms with Gasteiger partial charge in [0.25, 0.3) is 0 Å². The minimum atomic E-state index is -0.563. The molecule has 0 saturated carbocycles. The number of nitrogens with zero attached hydrogens (tertiary/aromatic N) is 1. The molecule has 0 bridgehead atoms. The largest absolute Gasteiger partial charge is 0.495 e. The second-order valence-electron chi connectivity index (χ2n) is 3.21. The van der Waals surface area contributed by atoms with E-state index in [0.717, 1.165) is 11.1 Å². The Morgan fingerprint density at radius 3 is 2.57 bits per heavy atom. The van der Waals surface area contributed by atoms with Crippen molar-refractivity contribution in [1.29, 1.82) is 5.26 Å². The van der Waals surface area contributed by atoms with Gasteiger partial charge in [-0.25, -0.2) is 0 Å². The lowest BCUT2D eigenvalue weighted by molar-refractivity contribution is 0.199. The van der Waals surface area contributed by atoms with Gasteiger partial charge < -0.3 is 9.84 Å². The molecule has 0 radical (unpaired) electrons. The minimum Gasteiger partial charge on any atom is -0.495 e. The van der Waals surface area contributed by atoms with Crippen molar-refractivity contribution in [3.63, 3.8) is 0 Å². The fourth-order valence-corrected chi connectivity index (χ4v) is 1.40. The lowest BCUT2D eigenvalue weighted by Gasteiger charge is -2.11. The lowest BCUT2D eigenvalue weighted by Crippen LogP contribution is -1.97. The third-order valence-electron chi connectivity index (χ3n) is 2.10. The average molecular weight is 191 g/mol. The first-order valence-electron chi connectivity index (χ1n) is 4.36. The standard InChI is InChI=1S/C11H13NO2/c1-7-4-9(8(2)13)5-10(6-12)11(7)14-3/h4-5,8,13H,1-3H3. The Hall–Kier alpha value is -1.53. The maximum Gasteiger partial charge on any atom is 0.139 e. The minimum absolute atomic E-state index is 0.461. The Balaban J connectivity index is 3.33. The zero-order valence-corrected chi connectivity index (χ0v) is 8.53. The van der Waals surface area contributed by atoms with Gasteiger partial charge in [-0.1, -0.05) is 0 Å². The Labute approximate surface area is 83.6 Å². The van der Waals surface area contributed by atoms with Crippen LogP contribution in [0.3, 0.4) is 0 Å². The summed E-state index contributed by atoms with van der Waals surface area (Å²) in [5.41, 5.74) is 2.06. The molecule has 1 unspecified atom stereocenters. The summed E-state index contributed by atoms with van der Waals surface area (Å²) in [6.45, 7) is 3.52. The highest BCUT2D eigenvalue weighted by atomic mass is 16.5. The first-order valence-corrected chi connectivity index (χ1v) is 4.36. The van der Waals surface area contributed by atoms with Crippen LogP contribution in [0.15, 0.2) is 12.1 Å². The number of ether oxygens (including phenoxy) is 1. The van der Waals surface area contributed by atoms with Crippen molar-refractivity contribution < 1.29 is 9.84 Å². The molecule has 14 heavy (non-hydrogen) atoms. The molecule has 0 aliphatic rings. The fraction of sp³-hybridized carbons (Fsp3) is 0.364. The molecule has 1 N–H and O–H groups in total. The number of rotatable bonds is 2. The summed E-state index contributed by atoms with van der Waals surface area (Å²) < 4.78 is 5.10. The van der Waals surface area contributed by atoms with Crippen molar-refractivity contribution in [2.45, 2.75) is 20.0 Å². The highest BCUT2D eigenvalue weighted by Crippen LogP contribution is 2.26. The molecule has 0 aliphatic carbocycles. The number of methoxy groups -OCH3 is 1. The fourth-order valence-electron chi connectivity index (χ4n) is 1.40. The number of aryl methyl sites for hydroxylation is 1. The first kappa shape index (κ1) is 10.6. The van der Waals surface area contributed by atoms with Crippen LogP contribution in [-0.2, 0) is 0 Å². The van der Waals surface area contributed by atoms with E-state index in [2.05, 4.69) is 0 Å². The van der Waals surface area contributed by atoms with Crippen molar-refractivity contribution in [2.24, 2.45) is 0 Å². The molecule has 74 valence electrons. The van der Waals surface area contributed by atoms with Gasteiger partial charge in [-0.05, 0) is 37.1 Å². The van der Waals surface area contributed by atoms with Crippen molar-refractivity contribution in [2.75, 3.05) is 7.11 Å². The summed E-state index contributed by atoms with van der Waals surface area (Å²) in [7, 11) is 1.53. The number of aliphatic hydroxyl groups is 1. The van der Waals surface area contributed by atoms with Gasteiger partial charge in [0.1, 0.15) is 11.8 Å². The van der Waals surface area contributed by atoms with Crippen LogP contribution in [0.5, 0.6) is 5.75 Å². The summed E-state index contributed by atoms with van der Waals surface area (Å²) in [6.07, 6.45) is -0.563. The molecule has 0 fully saturated rings. The van der Waals surface area contributed by atoms with E-state index >= 15 is 0 Å². The van der Waals surface area contributed by atoms with E-state index in [1.165, 1.54) is 7.11 Å². The second-order valence-corrected chi connectivity index (χ2v) is 3.21. The van der Waals surface area contributed by atoms with Crippen molar-refractivity contribution in [3.8, 4) is 11.8 Å². The molecule has 0 spiro atoms. The van der Waals surface area contributed by atoms with Crippen molar-refractivity contribution in [3.05, 3.63) is 28.8 Å². The van der Waals surface area contributed by atoms with Gasteiger partial charge in [0, 0.05) is 0 Å². The third-order valence-corrected chi connectivity index (χ3v) is 2.10. The summed E-state index contributed by atoms with van der Waals surface area (Å²) in [6, 6.07) is 5.52. The van der Waals surface area contributed by atoms with Gasteiger partial charge >= 0.3 is 0 Å². The maximum absolute atomic E-state index is 9.38. The van der Waals surface area contributed by atoms with E-state index in [1.54, 1.807) is 13.0 Å². The molecule has 1 aromatic rings. The van der Waals surface area contributed by atoms with Gasteiger partial charge in [-0.3, -0.25) is 0 Å². The predicted octanol–water partition coefficient (Wildman–Crippen LogP) is 1.93. The van der Waals surface area contributed by atoms with Crippen molar-refractivity contribution >= 4 is 0 Å². The van der Waals surface area contributed by atoms with Gasteiger partial charge in [0.15, 0.2) is 0 Å². The molecular formula is C11H13NO2. The number of hydrogen-bond acceptors (Lipinski definition) is 3. The highest BCUT2D eigenvalue weighted by molar-refractivity contribution is 5.50. The normalized spacial score (nSPS) is 11.9.